The predicted octanol–water partition coefficient (Wildman–Crippen LogP) is 2.04. The number of thioether (sulfide) groups is 1. The SMILES string of the molecule is C=C(C)CNC(=O)c1ccc2c(c1)NC(=O)CS2. The van der Waals surface area contributed by atoms with Gasteiger partial charge >= 0.3 is 0 Å². The highest BCUT2D eigenvalue weighted by molar-refractivity contribution is 8.00. The van der Waals surface area contributed by atoms with Crippen molar-refractivity contribution in [2.24, 2.45) is 0 Å². The molecule has 0 aliphatic carbocycles. The molecule has 1 aliphatic heterocycles. The van der Waals surface area contributed by atoms with Crippen molar-refractivity contribution >= 4 is 29.3 Å². The predicted molar refractivity (Wildman–Crippen MR) is 72.9 cm³/mol. The fraction of sp³-hybridized carbons (Fsp3) is 0.231. The maximum Gasteiger partial charge on any atom is 0.251 e. The number of rotatable bonds is 3. The van der Waals surface area contributed by atoms with Gasteiger partial charge in [0.1, 0.15) is 0 Å². The van der Waals surface area contributed by atoms with Crippen LogP contribution in [0.5, 0.6) is 0 Å². The largest absolute Gasteiger partial charge is 0.348 e. The number of amides is 2. The molecule has 1 aliphatic rings. The number of anilines is 1. The number of fused-ring (bicyclic) bond motifs is 1. The van der Waals surface area contributed by atoms with E-state index in [0.717, 1.165) is 10.5 Å². The molecule has 0 radical (unpaired) electrons. The lowest BCUT2D eigenvalue weighted by atomic mass is 10.1. The third kappa shape index (κ3) is 2.92. The number of carbonyl (C=O) groups excluding carboxylic acids is 2. The molecule has 2 N–H and O–H groups in total. The van der Waals surface area contributed by atoms with E-state index in [0.29, 0.717) is 23.5 Å². The summed E-state index contributed by atoms with van der Waals surface area (Å²) in [6.07, 6.45) is 0. The van der Waals surface area contributed by atoms with E-state index in [1.165, 1.54) is 11.8 Å². The molecule has 94 valence electrons. The summed E-state index contributed by atoms with van der Waals surface area (Å²) in [6, 6.07) is 5.32. The lowest BCUT2D eigenvalue weighted by molar-refractivity contribution is -0.113. The summed E-state index contributed by atoms with van der Waals surface area (Å²) in [7, 11) is 0. The molecule has 0 saturated carbocycles. The van der Waals surface area contributed by atoms with Crippen molar-refractivity contribution in [3.63, 3.8) is 0 Å². The van der Waals surface area contributed by atoms with Crippen LogP contribution in [0.1, 0.15) is 17.3 Å². The van der Waals surface area contributed by atoms with Gasteiger partial charge in [0.15, 0.2) is 0 Å². The topological polar surface area (TPSA) is 58.2 Å². The van der Waals surface area contributed by atoms with Crippen molar-refractivity contribution in [1.29, 1.82) is 0 Å². The van der Waals surface area contributed by atoms with Crippen LogP contribution in [0.25, 0.3) is 0 Å². The van der Waals surface area contributed by atoms with E-state index in [9.17, 15) is 9.59 Å². The van der Waals surface area contributed by atoms with Crippen LogP contribution in [-0.4, -0.2) is 24.1 Å². The monoisotopic (exact) mass is 262 g/mol. The second-order valence-electron chi connectivity index (χ2n) is 4.19. The van der Waals surface area contributed by atoms with Gasteiger partial charge < -0.3 is 10.6 Å². The van der Waals surface area contributed by atoms with Gasteiger partial charge in [0, 0.05) is 17.0 Å². The van der Waals surface area contributed by atoms with E-state index in [1.807, 2.05) is 13.0 Å². The molecule has 1 aromatic carbocycles. The number of nitrogens with one attached hydrogen (secondary N) is 2. The molecule has 4 nitrogen and oxygen atoms in total. The van der Waals surface area contributed by atoms with Crippen LogP contribution in [0.15, 0.2) is 35.2 Å². The van der Waals surface area contributed by atoms with Crippen LogP contribution in [0.2, 0.25) is 0 Å². The van der Waals surface area contributed by atoms with Crippen LogP contribution in [0, 0.1) is 0 Å². The summed E-state index contributed by atoms with van der Waals surface area (Å²) in [4.78, 5) is 24.1. The summed E-state index contributed by atoms with van der Waals surface area (Å²) < 4.78 is 0. The Morgan fingerprint density at radius 1 is 1.56 bits per heavy atom. The first-order valence-electron chi connectivity index (χ1n) is 5.55. The smallest absolute Gasteiger partial charge is 0.251 e. The van der Waals surface area contributed by atoms with Crippen molar-refractivity contribution in [2.45, 2.75) is 11.8 Å². The van der Waals surface area contributed by atoms with E-state index < -0.39 is 0 Å². The average molecular weight is 262 g/mol. The third-order valence-electron chi connectivity index (χ3n) is 2.43. The first kappa shape index (κ1) is 12.7. The molecule has 2 amide bonds. The van der Waals surface area contributed by atoms with Gasteiger partial charge in [0.25, 0.3) is 5.91 Å². The molecule has 0 unspecified atom stereocenters. The fourth-order valence-corrected chi connectivity index (χ4v) is 2.35. The minimum absolute atomic E-state index is 0.0352. The minimum Gasteiger partial charge on any atom is -0.348 e. The number of benzene rings is 1. The Morgan fingerprint density at radius 2 is 2.33 bits per heavy atom. The van der Waals surface area contributed by atoms with Gasteiger partial charge in [-0.15, -0.1) is 11.8 Å². The van der Waals surface area contributed by atoms with Crippen molar-refractivity contribution in [3.05, 3.63) is 35.9 Å². The molecule has 0 bridgehead atoms. The van der Waals surface area contributed by atoms with E-state index in [2.05, 4.69) is 17.2 Å². The Labute approximate surface area is 110 Å². The van der Waals surface area contributed by atoms with Gasteiger partial charge in [0.05, 0.1) is 11.4 Å². The van der Waals surface area contributed by atoms with Crippen LogP contribution >= 0.6 is 11.8 Å². The molecule has 1 heterocycles. The zero-order chi connectivity index (χ0) is 13.1. The lowest BCUT2D eigenvalue weighted by Crippen LogP contribution is -2.25. The number of hydrogen-bond acceptors (Lipinski definition) is 3. The first-order chi connectivity index (χ1) is 8.56. The van der Waals surface area contributed by atoms with Crippen LogP contribution < -0.4 is 10.6 Å². The van der Waals surface area contributed by atoms with Gasteiger partial charge in [-0.2, -0.15) is 0 Å². The van der Waals surface area contributed by atoms with Gasteiger partial charge in [-0.1, -0.05) is 12.2 Å². The van der Waals surface area contributed by atoms with Crippen molar-refractivity contribution in [3.8, 4) is 0 Å². The van der Waals surface area contributed by atoms with E-state index in [4.69, 9.17) is 0 Å². The molecular formula is C13H14N2O2S. The highest BCUT2D eigenvalue weighted by Crippen LogP contribution is 2.31. The summed E-state index contributed by atoms with van der Waals surface area (Å²) in [6.45, 7) is 6.03. The molecule has 18 heavy (non-hydrogen) atoms. The standard InChI is InChI=1S/C13H14N2O2S/c1-8(2)6-14-13(17)9-3-4-11-10(5-9)15-12(16)7-18-11/h3-5H,1,6-7H2,2H3,(H,14,17)(H,15,16). The Bertz CT molecular complexity index is 526. The first-order valence-corrected chi connectivity index (χ1v) is 6.54. The minimum atomic E-state index is -0.161. The van der Waals surface area contributed by atoms with Gasteiger partial charge in [-0.05, 0) is 25.1 Å². The summed E-state index contributed by atoms with van der Waals surface area (Å²) in [5.41, 5.74) is 2.14. The van der Waals surface area contributed by atoms with Crippen LogP contribution in [0.3, 0.4) is 0 Å². The van der Waals surface area contributed by atoms with E-state index in [1.54, 1.807) is 12.1 Å². The van der Waals surface area contributed by atoms with Crippen molar-refractivity contribution in [1.82, 2.24) is 5.32 Å². The lowest BCUT2D eigenvalue weighted by Gasteiger charge is -2.16. The van der Waals surface area contributed by atoms with E-state index in [-0.39, 0.29) is 11.8 Å². The van der Waals surface area contributed by atoms with Crippen molar-refractivity contribution in [2.75, 3.05) is 17.6 Å². The maximum atomic E-state index is 11.8. The second-order valence-corrected chi connectivity index (χ2v) is 5.20. The van der Waals surface area contributed by atoms with Gasteiger partial charge in [0.2, 0.25) is 5.91 Å². The van der Waals surface area contributed by atoms with Crippen LogP contribution in [0.4, 0.5) is 5.69 Å². The molecule has 1 aromatic rings. The second kappa shape index (κ2) is 5.27. The average Bonchev–Trinajstić information content (AvgIpc) is 2.34. The van der Waals surface area contributed by atoms with Gasteiger partial charge in [-0.25, -0.2) is 0 Å². The summed E-state index contributed by atoms with van der Waals surface area (Å²) >= 11 is 1.48. The Balaban J connectivity index is 2.15. The molecule has 0 atom stereocenters. The molecular weight excluding hydrogens is 248 g/mol. The summed E-state index contributed by atoms with van der Waals surface area (Å²) in [5, 5.41) is 5.52. The Morgan fingerprint density at radius 3 is 3.06 bits per heavy atom. The number of hydrogen-bond donors (Lipinski definition) is 2. The molecule has 2 rings (SSSR count). The quantitative estimate of drug-likeness (QED) is 0.820. The van der Waals surface area contributed by atoms with Crippen LogP contribution in [-0.2, 0) is 4.79 Å². The normalized spacial score (nSPS) is 13.5. The maximum absolute atomic E-state index is 11.8. The zero-order valence-corrected chi connectivity index (χ0v) is 10.9. The molecule has 0 fully saturated rings. The fourth-order valence-electron chi connectivity index (χ4n) is 1.56. The van der Waals surface area contributed by atoms with Gasteiger partial charge in [-0.3, -0.25) is 9.59 Å². The molecule has 0 spiro atoms. The highest BCUT2D eigenvalue weighted by atomic mass is 32.2. The molecule has 0 saturated heterocycles. The third-order valence-corrected chi connectivity index (χ3v) is 3.50. The Kier molecular flexibility index (Phi) is 3.72. The highest BCUT2D eigenvalue weighted by Gasteiger charge is 2.17. The summed E-state index contributed by atoms with van der Waals surface area (Å²) in [5.74, 6) is 0.228. The zero-order valence-electron chi connectivity index (χ0n) is 10.1. The van der Waals surface area contributed by atoms with Crippen molar-refractivity contribution < 1.29 is 9.59 Å². The molecule has 5 heteroatoms. The number of carbonyl (C=O) groups is 2. The molecule has 0 aromatic heterocycles. The Hall–Kier alpha value is -1.75. The van der Waals surface area contributed by atoms with E-state index >= 15 is 0 Å².